The average Bonchev–Trinajstić information content (AvgIpc) is 3.03. The van der Waals surface area contributed by atoms with Gasteiger partial charge >= 0.3 is 0 Å². The lowest BCUT2D eigenvalue weighted by Crippen LogP contribution is -2.28. The summed E-state index contributed by atoms with van der Waals surface area (Å²) in [5.74, 6) is 0.326. The summed E-state index contributed by atoms with van der Waals surface area (Å²) in [5.41, 5.74) is 0.681. The standard InChI is InChI=1S/C16H21N5O3/c1-2-3-4-5-10-17-15(22)11-20-12-18-16(19-20)13-6-8-14(9-7-13)21(23)24/h6-9,12H,2-5,10-11H2,1H3,(H,17,22). The van der Waals surface area contributed by atoms with Crippen molar-refractivity contribution in [3.8, 4) is 11.4 Å². The van der Waals surface area contributed by atoms with Crippen LogP contribution in [-0.4, -0.2) is 32.1 Å². The first kappa shape index (κ1) is 17.6. The number of nitro benzene ring substituents is 1. The molecule has 2 rings (SSSR count). The number of nitrogens with one attached hydrogen (secondary N) is 1. The summed E-state index contributed by atoms with van der Waals surface area (Å²) in [6.07, 6.45) is 5.92. The van der Waals surface area contributed by atoms with Crippen LogP contribution in [0.25, 0.3) is 11.4 Å². The van der Waals surface area contributed by atoms with Crippen LogP contribution in [0.2, 0.25) is 0 Å². The minimum atomic E-state index is -0.458. The van der Waals surface area contributed by atoms with E-state index in [0.29, 0.717) is 17.9 Å². The fraction of sp³-hybridized carbons (Fsp3) is 0.438. The minimum absolute atomic E-state index is 0.0145. The molecule has 0 saturated heterocycles. The average molecular weight is 331 g/mol. The maximum Gasteiger partial charge on any atom is 0.269 e. The minimum Gasteiger partial charge on any atom is -0.354 e. The fourth-order valence-corrected chi connectivity index (χ4v) is 2.22. The first-order valence-corrected chi connectivity index (χ1v) is 8.01. The molecule has 8 heteroatoms. The SMILES string of the molecule is CCCCCCNC(=O)Cn1cnc(-c2ccc([N+](=O)[O-])cc2)n1. The third kappa shape index (κ3) is 5.15. The van der Waals surface area contributed by atoms with E-state index in [-0.39, 0.29) is 18.1 Å². The molecular weight excluding hydrogens is 310 g/mol. The molecule has 0 aliphatic carbocycles. The van der Waals surface area contributed by atoms with E-state index in [9.17, 15) is 14.9 Å². The highest BCUT2D eigenvalue weighted by Crippen LogP contribution is 2.18. The van der Waals surface area contributed by atoms with E-state index in [1.165, 1.54) is 36.0 Å². The van der Waals surface area contributed by atoms with E-state index in [1.54, 1.807) is 12.1 Å². The molecule has 1 amide bonds. The smallest absolute Gasteiger partial charge is 0.269 e. The second-order valence-electron chi connectivity index (χ2n) is 5.48. The Labute approximate surface area is 140 Å². The van der Waals surface area contributed by atoms with Crippen LogP contribution in [-0.2, 0) is 11.3 Å². The van der Waals surface area contributed by atoms with E-state index in [4.69, 9.17) is 0 Å². The summed E-state index contributed by atoms with van der Waals surface area (Å²) in [7, 11) is 0. The van der Waals surface area contributed by atoms with Crippen molar-refractivity contribution in [3.63, 3.8) is 0 Å². The number of aromatic nitrogens is 3. The van der Waals surface area contributed by atoms with Crippen LogP contribution < -0.4 is 5.32 Å². The van der Waals surface area contributed by atoms with E-state index < -0.39 is 4.92 Å². The van der Waals surface area contributed by atoms with Crippen molar-refractivity contribution < 1.29 is 9.72 Å². The van der Waals surface area contributed by atoms with Gasteiger partial charge in [0, 0.05) is 24.2 Å². The highest BCUT2D eigenvalue weighted by atomic mass is 16.6. The topological polar surface area (TPSA) is 103 Å². The number of non-ortho nitro benzene ring substituents is 1. The molecule has 1 N–H and O–H groups in total. The van der Waals surface area contributed by atoms with Crippen molar-refractivity contribution >= 4 is 11.6 Å². The molecule has 0 unspecified atom stereocenters. The largest absolute Gasteiger partial charge is 0.354 e. The van der Waals surface area contributed by atoms with Gasteiger partial charge in [-0.05, 0) is 18.6 Å². The maximum atomic E-state index is 11.8. The molecule has 2 aromatic rings. The quantitative estimate of drug-likeness (QED) is 0.432. The first-order valence-electron chi connectivity index (χ1n) is 8.01. The number of hydrogen-bond acceptors (Lipinski definition) is 5. The summed E-state index contributed by atoms with van der Waals surface area (Å²) in [6.45, 7) is 2.92. The number of unbranched alkanes of at least 4 members (excludes halogenated alkanes) is 3. The number of nitro groups is 1. The maximum absolute atomic E-state index is 11.8. The Morgan fingerprint density at radius 2 is 2.00 bits per heavy atom. The number of carbonyl (C=O) groups excluding carboxylic acids is 1. The summed E-state index contributed by atoms with van der Waals surface area (Å²) in [4.78, 5) is 26.2. The molecule has 1 aromatic heterocycles. The fourth-order valence-electron chi connectivity index (χ4n) is 2.22. The van der Waals surface area contributed by atoms with E-state index in [0.717, 1.165) is 12.8 Å². The van der Waals surface area contributed by atoms with Gasteiger partial charge in [-0.25, -0.2) is 9.67 Å². The second-order valence-corrected chi connectivity index (χ2v) is 5.48. The Hall–Kier alpha value is -2.77. The summed E-state index contributed by atoms with van der Waals surface area (Å²) in [5, 5.41) is 17.7. The lowest BCUT2D eigenvalue weighted by molar-refractivity contribution is -0.384. The third-order valence-electron chi connectivity index (χ3n) is 3.53. The number of rotatable bonds is 9. The Morgan fingerprint density at radius 3 is 2.67 bits per heavy atom. The number of nitrogens with zero attached hydrogens (tertiary/aromatic N) is 4. The van der Waals surface area contributed by atoms with Crippen LogP contribution in [0.15, 0.2) is 30.6 Å². The Balaban J connectivity index is 1.86. The number of carbonyl (C=O) groups is 1. The van der Waals surface area contributed by atoms with Gasteiger partial charge in [-0.15, -0.1) is 0 Å². The van der Waals surface area contributed by atoms with Gasteiger partial charge in [0.25, 0.3) is 5.69 Å². The number of benzene rings is 1. The van der Waals surface area contributed by atoms with Gasteiger partial charge in [-0.2, -0.15) is 5.10 Å². The molecule has 1 heterocycles. The van der Waals surface area contributed by atoms with Crippen molar-refractivity contribution in [1.29, 1.82) is 0 Å². The number of hydrogen-bond donors (Lipinski definition) is 1. The Morgan fingerprint density at radius 1 is 1.25 bits per heavy atom. The van der Waals surface area contributed by atoms with Crippen molar-refractivity contribution in [1.82, 2.24) is 20.1 Å². The molecule has 0 spiro atoms. The van der Waals surface area contributed by atoms with Crippen LogP contribution in [0.4, 0.5) is 5.69 Å². The second kappa shape index (κ2) is 8.76. The monoisotopic (exact) mass is 331 g/mol. The molecule has 128 valence electrons. The van der Waals surface area contributed by atoms with Crippen molar-refractivity contribution in [2.75, 3.05) is 6.54 Å². The van der Waals surface area contributed by atoms with Crippen LogP contribution in [0, 0.1) is 10.1 Å². The van der Waals surface area contributed by atoms with Crippen LogP contribution in [0.3, 0.4) is 0 Å². The van der Waals surface area contributed by atoms with Gasteiger partial charge in [0.2, 0.25) is 5.91 Å². The molecule has 1 aromatic carbocycles. The molecule has 0 saturated carbocycles. The van der Waals surface area contributed by atoms with Gasteiger partial charge < -0.3 is 5.32 Å². The molecule has 0 fully saturated rings. The van der Waals surface area contributed by atoms with Crippen molar-refractivity contribution in [2.45, 2.75) is 39.2 Å². The third-order valence-corrected chi connectivity index (χ3v) is 3.53. The highest BCUT2D eigenvalue weighted by Gasteiger charge is 2.10. The Bertz CT molecular complexity index is 681. The molecule has 0 aliphatic heterocycles. The van der Waals surface area contributed by atoms with Gasteiger partial charge in [0.05, 0.1) is 4.92 Å². The lowest BCUT2D eigenvalue weighted by Gasteiger charge is -2.04. The predicted octanol–water partition coefficient (Wildman–Crippen LogP) is 2.55. The molecule has 8 nitrogen and oxygen atoms in total. The molecule has 0 aliphatic rings. The lowest BCUT2D eigenvalue weighted by atomic mass is 10.2. The van der Waals surface area contributed by atoms with Gasteiger partial charge in [-0.3, -0.25) is 14.9 Å². The predicted molar refractivity (Wildman–Crippen MR) is 89.3 cm³/mol. The van der Waals surface area contributed by atoms with Gasteiger partial charge in [-0.1, -0.05) is 26.2 Å². The van der Waals surface area contributed by atoms with E-state index in [1.807, 2.05) is 0 Å². The zero-order valence-electron chi connectivity index (χ0n) is 13.6. The highest BCUT2D eigenvalue weighted by molar-refractivity contribution is 5.75. The molecule has 0 atom stereocenters. The molecule has 24 heavy (non-hydrogen) atoms. The number of amides is 1. The summed E-state index contributed by atoms with van der Waals surface area (Å²) in [6, 6.07) is 5.98. The Kier molecular flexibility index (Phi) is 6.41. The summed E-state index contributed by atoms with van der Waals surface area (Å²) >= 11 is 0. The summed E-state index contributed by atoms with van der Waals surface area (Å²) < 4.78 is 1.46. The molecular formula is C16H21N5O3. The van der Waals surface area contributed by atoms with Crippen LogP contribution in [0.5, 0.6) is 0 Å². The zero-order valence-corrected chi connectivity index (χ0v) is 13.6. The normalized spacial score (nSPS) is 10.5. The van der Waals surface area contributed by atoms with E-state index >= 15 is 0 Å². The van der Waals surface area contributed by atoms with Crippen LogP contribution >= 0.6 is 0 Å². The molecule has 0 radical (unpaired) electrons. The van der Waals surface area contributed by atoms with Gasteiger partial charge in [0.1, 0.15) is 12.9 Å². The van der Waals surface area contributed by atoms with Crippen LogP contribution in [0.1, 0.15) is 32.6 Å². The van der Waals surface area contributed by atoms with Crippen molar-refractivity contribution in [3.05, 3.63) is 40.7 Å². The van der Waals surface area contributed by atoms with Crippen molar-refractivity contribution in [2.24, 2.45) is 0 Å². The van der Waals surface area contributed by atoms with E-state index in [2.05, 4.69) is 22.3 Å². The first-order chi connectivity index (χ1) is 11.6. The zero-order chi connectivity index (χ0) is 17.4. The van der Waals surface area contributed by atoms with Gasteiger partial charge in [0.15, 0.2) is 5.82 Å². The molecule has 0 bridgehead atoms.